The van der Waals surface area contributed by atoms with Crippen LogP contribution < -0.4 is 10.5 Å². The molecule has 0 aliphatic heterocycles. The summed E-state index contributed by atoms with van der Waals surface area (Å²) in [6.45, 7) is 5.54. The summed E-state index contributed by atoms with van der Waals surface area (Å²) < 4.78 is 5.93. The van der Waals surface area contributed by atoms with Gasteiger partial charge in [0.2, 0.25) is 0 Å². The smallest absolute Gasteiger partial charge is 0.120 e. The van der Waals surface area contributed by atoms with Crippen LogP contribution in [0.5, 0.6) is 5.75 Å². The van der Waals surface area contributed by atoms with Crippen molar-refractivity contribution in [3.05, 3.63) is 89.5 Å². The van der Waals surface area contributed by atoms with Crippen LogP contribution in [0.2, 0.25) is 0 Å². The van der Waals surface area contributed by atoms with Crippen LogP contribution >= 0.6 is 0 Å². The number of nitrogens with two attached hydrogens (primary N) is 1. The van der Waals surface area contributed by atoms with E-state index >= 15 is 0 Å². The monoisotopic (exact) mass is 345 g/mol. The fraction of sp³-hybridized carbons (Fsp3) is 0.250. The van der Waals surface area contributed by atoms with E-state index in [-0.39, 0.29) is 0 Å². The van der Waals surface area contributed by atoms with Crippen LogP contribution in [0.4, 0.5) is 0 Å². The molecule has 0 saturated heterocycles. The maximum absolute atomic E-state index is 6.00. The fourth-order valence-electron chi connectivity index (χ4n) is 3.14. The zero-order valence-corrected chi connectivity index (χ0v) is 15.6. The minimum atomic E-state index is 0.492. The van der Waals surface area contributed by atoms with Crippen molar-refractivity contribution in [2.24, 2.45) is 11.7 Å². The molecule has 0 bridgehead atoms. The number of hydrogen-bond acceptors (Lipinski definition) is 2. The third-order valence-corrected chi connectivity index (χ3v) is 4.45. The summed E-state index contributed by atoms with van der Waals surface area (Å²) in [5.41, 5.74) is 12.0. The van der Waals surface area contributed by atoms with Crippen LogP contribution in [0.3, 0.4) is 0 Å². The van der Waals surface area contributed by atoms with Gasteiger partial charge in [0, 0.05) is 6.54 Å². The van der Waals surface area contributed by atoms with Crippen LogP contribution in [-0.2, 0) is 19.6 Å². The Hall–Kier alpha value is -2.58. The Kier molecular flexibility index (Phi) is 6.08. The predicted molar refractivity (Wildman–Crippen MR) is 109 cm³/mol. The summed E-state index contributed by atoms with van der Waals surface area (Å²) in [7, 11) is 0. The molecule has 0 aliphatic carbocycles. The molecule has 3 aromatic rings. The van der Waals surface area contributed by atoms with Gasteiger partial charge in [0.05, 0.1) is 0 Å². The quantitative estimate of drug-likeness (QED) is 0.606. The SMILES string of the molecule is CC(C)Cc1ccc(-c2ccc(OCc3ccccc3)cc2CN)cc1. The Morgan fingerprint density at radius 2 is 1.58 bits per heavy atom. The average Bonchev–Trinajstić information content (AvgIpc) is 2.67. The third-order valence-electron chi connectivity index (χ3n) is 4.45. The normalized spacial score (nSPS) is 10.9. The van der Waals surface area contributed by atoms with Gasteiger partial charge in [-0.1, -0.05) is 74.5 Å². The van der Waals surface area contributed by atoms with Gasteiger partial charge in [0.25, 0.3) is 0 Å². The molecule has 134 valence electrons. The van der Waals surface area contributed by atoms with Crippen molar-refractivity contribution >= 4 is 0 Å². The van der Waals surface area contributed by atoms with E-state index in [1.165, 1.54) is 16.7 Å². The molecule has 2 heteroatoms. The van der Waals surface area contributed by atoms with Crippen LogP contribution in [0.25, 0.3) is 11.1 Å². The summed E-state index contributed by atoms with van der Waals surface area (Å²) >= 11 is 0. The molecule has 2 nitrogen and oxygen atoms in total. The minimum Gasteiger partial charge on any atom is -0.489 e. The van der Waals surface area contributed by atoms with Crippen molar-refractivity contribution in [2.45, 2.75) is 33.4 Å². The molecule has 0 aliphatic rings. The Balaban J connectivity index is 1.76. The first-order chi connectivity index (χ1) is 12.7. The first-order valence-corrected chi connectivity index (χ1v) is 9.24. The van der Waals surface area contributed by atoms with Crippen LogP contribution in [0, 0.1) is 5.92 Å². The molecule has 0 unspecified atom stereocenters. The second kappa shape index (κ2) is 8.68. The molecule has 0 aromatic heterocycles. The van der Waals surface area contributed by atoms with E-state index in [0.717, 1.165) is 23.3 Å². The van der Waals surface area contributed by atoms with E-state index < -0.39 is 0 Å². The van der Waals surface area contributed by atoms with Gasteiger partial charge in [-0.3, -0.25) is 0 Å². The van der Waals surface area contributed by atoms with Gasteiger partial charge in [-0.2, -0.15) is 0 Å². The highest BCUT2D eigenvalue weighted by molar-refractivity contribution is 5.68. The highest BCUT2D eigenvalue weighted by Gasteiger charge is 2.07. The van der Waals surface area contributed by atoms with E-state index in [0.29, 0.717) is 19.1 Å². The van der Waals surface area contributed by atoms with Crippen molar-refractivity contribution in [2.75, 3.05) is 0 Å². The molecule has 26 heavy (non-hydrogen) atoms. The second-order valence-corrected chi connectivity index (χ2v) is 7.09. The predicted octanol–water partition coefficient (Wildman–Crippen LogP) is 5.59. The summed E-state index contributed by atoms with van der Waals surface area (Å²) in [6.07, 6.45) is 1.11. The summed E-state index contributed by atoms with van der Waals surface area (Å²) in [5.74, 6) is 1.52. The van der Waals surface area contributed by atoms with E-state index in [2.05, 4.69) is 62.4 Å². The first-order valence-electron chi connectivity index (χ1n) is 9.24. The van der Waals surface area contributed by atoms with Crippen LogP contribution in [0.15, 0.2) is 72.8 Å². The molecule has 0 amide bonds. The van der Waals surface area contributed by atoms with Crippen molar-refractivity contribution in [3.8, 4) is 16.9 Å². The van der Waals surface area contributed by atoms with Gasteiger partial charge in [0.15, 0.2) is 0 Å². The summed E-state index contributed by atoms with van der Waals surface area (Å²) in [5, 5.41) is 0. The molecule has 3 aromatic carbocycles. The molecule has 3 rings (SSSR count). The largest absolute Gasteiger partial charge is 0.489 e. The summed E-state index contributed by atoms with van der Waals surface area (Å²) in [4.78, 5) is 0. The molecule has 0 heterocycles. The number of rotatable bonds is 7. The molecular weight excluding hydrogens is 318 g/mol. The molecule has 0 atom stereocenters. The van der Waals surface area contributed by atoms with Gasteiger partial charge >= 0.3 is 0 Å². The highest BCUT2D eigenvalue weighted by atomic mass is 16.5. The standard InChI is InChI=1S/C24H27NO/c1-18(2)14-19-8-10-21(11-9-19)24-13-12-23(15-22(24)16-25)26-17-20-6-4-3-5-7-20/h3-13,15,18H,14,16-17,25H2,1-2H3. The first kappa shape index (κ1) is 18.2. The average molecular weight is 345 g/mol. The number of hydrogen-bond donors (Lipinski definition) is 1. The van der Waals surface area contributed by atoms with E-state index in [1.807, 2.05) is 24.3 Å². The van der Waals surface area contributed by atoms with Crippen LogP contribution in [0.1, 0.15) is 30.5 Å². The lowest BCUT2D eigenvalue weighted by molar-refractivity contribution is 0.306. The van der Waals surface area contributed by atoms with Crippen molar-refractivity contribution in [3.63, 3.8) is 0 Å². The Morgan fingerprint density at radius 1 is 0.846 bits per heavy atom. The van der Waals surface area contributed by atoms with Crippen molar-refractivity contribution in [1.29, 1.82) is 0 Å². The lowest BCUT2D eigenvalue weighted by Gasteiger charge is -2.13. The molecule has 2 N–H and O–H groups in total. The van der Waals surface area contributed by atoms with Gasteiger partial charge < -0.3 is 10.5 Å². The molecule has 0 fully saturated rings. The number of benzene rings is 3. The zero-order valence-electron chi connectivity index (χ0n) is 15.6. The highest BCUT2D eigenvalue weighted by Crippen LogP contribution is 2.28. The molecule has 0 radical (unpaired) electrons. The van der Waals surface area contributed by atoms with Gasteiger partial charge in [-0.15, -0.1) is 0 Å². The van der Waals surface area contributed by atoms with Crippen LogP contribution in [-0.4, -0.2) is 0 Å². The molecular formula is C24H27NO. The molecule has 0 saturated carbocycles. The topological polar surface area (TPSA) is 35.2 Å². The van der Waals surface area contributed by atoms with Gasteiger partial charge in [0.1, 0.15) is 12.4 Å². The minimum absolute atomic E-state index is 0.492. The Bertz CT molecular complexity index is 823. The second-order valence-electron chi connectivity index (χ2n) is 7.09. The lowest BCUT2D eigenvalue weighted by atomic mass is 9.96. The van der Waals surface area contributed by atoms with Crippen molar-refractivity contribution < 1.29 is 4.74 Å². The van der Waals surface area contributed by atoms with E-state index in [1.54, 1.807) is 0 Å². The Morgan fingerprint density at radius 3 is 2.23 bits per heavy atom. The Labute approximate surface area is 156 Å². The van der Waals surface area contributed by atoms with Crippen molar-refractivity contribution in [1.82, 2.24) is 0 Å². The molecule has 0 spiro atoms. The number of ether oxygens (including phenoxy) is 1. The maximum atomic E-state index is 6.00. The summed E-state index contributed by atoms with van der Waals surface area (Å²) in [6, 6.07) is 25.2. The maximum Gasteiger partial charge on any atom is 0.120 e. The zero-order chi connectivity index (χ0) is 18.4. The van der Waals surface area contributed by atoms with Gasteiger partial charge in [-0.05, 0) is 52.3 Å². The van der Waals surface area contributed by atoms with Gasteiger partial charge in [-0.25, -0.2) is 0 Å². The lowest BCUT2D eigenvalue weighted by Crippen LogP contribution is -2.01. The van der Waals surface area contributed by atoms with E-state index in [4.69, 9.17) is 10.5 Å². The third kappa shape index (κ3) is 4.74. The fourth-order valence-corrected chi connectivity index (χ4v) is 3.14. The van der Waals surface area contributed by atoms with E-state index in [9.17, 15) is 0 Å².